The van der Waals surface area contributed by atoms with E-state index in [0.29, 0.717) is 19.1 Å². The van der Waals surface area contributed by atoms with E-state index in [1.165, 1.54) is 25.7 Å². The molecule has 3 rings (SSSR count). The van der Waals surface area contributed by atoms with E-state index in [4.69, 9.17) is 10.5 Å². The molecule has 0 spiro atoms. The summed E-state index contributed by atoms with van der Waals surface area (Å²) < 4.78 is 5.27. The van der Waals surface area contributed by atoms with E-state index >= 15 is 0 Å². The zero-order chi connectivity index (χ0) is 15.0. The third-order valence-corrected chi connectivity index (χ3v) is 5.46. The number of nitrogens with two attached hydrogens (primary N) is 1. The lowest BCUT2D eigenvalue weighted by atomic mass is 9.84. The topological polar surface area (TPSA) is 84.7 Å². The fourth-order valence-electron chi connectivity index (χ4n) is 4.31. The standard InChI is InChI=1S/C15H25N3O3/c1-9(12-7-10-2-3-11(12)6-10)17-15(20)18-4-5-21-13(8-18)14(16)19/h9-13H,2-8H2,1H3,(H2,16,19)(H,17,20)/t9-,10-,11-,12-,13-/m0/s1. The van der Waals surface area contributed by atoms with Crippen molar-refractivity contribution in [3.05, 3.63) is 0 Å². The van der Waals surface area contributed by atoms with Crippen LogP contribution in [0, 0.1) is 17.8 Å². The van der Waals surface area contributed by atoms with Crippen LogP contribution in [0.2, 0.25) is 0 Å². The molecule has 0 aromatic rings. The summed E-state index contributed by atoms with van der Waals surface area (Å²) in [6.45, 7) is 3.24. The molecule has 21 heavy (non-hydrogen) atoms. The van der Waals surface area contributed by atoms with Crippen molar-refractivity contribution in [1.29, 1.82) is 0 Å². The van der Waals surface area contributed by atoms with Crippen molar-refractivity contribution in [3.63, 3.8) is 0 Å². The lowest BCUT2D eigenvalue weighted by Gasteiger charge is -2.34. The van der Waals surface area contributed by atoms with Crippen molar-refractivity contribution in [2.24, 2.45) is 23.5 Å². The number of nitrogens with zero attached hydrogens (tertiary/aromatic N) is 1. The number of amides is 3. The van der Waals surface area contributed by atoms with Gasteiger partial charge in [-0.2, -0.15) is 0 Å². The van der Waals surface area contributed by atoms with Crippen LogP contribution >= 0.6 is 0 Å². The number of primary amides is 1. The van der Waals surface area contributed by atoms with Crippen LogP contribution in [0.5, 0.6) is 0 Å². The molecule has 2 saturated carbocycles. The highest BCUT2D eigenvalue weighted by atomic mass is 16.5. The van der Waals surface area contributed by atoms with Crippen LogP contribution in [0.3, 0.4) is 0 Å². The Labute approximate surface area is 125 Å². The first-order valence-electron chi connectivity index (χ1n) is 8.01. The molecule has 0 aromatic carbocycles. The van der Waals surface area contributed by atoms with E-state index in [2.05, 4.69) is 12.2 Å². The number of fused-ring (bicyclic) bond motifs is 2. The molecule has 0 unspecified atom stereocenters. The van der Waals surface area contributed by atoms with Gasteiger partial charge in [0.2, 0.25) is 5.91 Å². The molecule has 6 heteroatoms. The minimum absolute atomic E-state index is 0.0974. The number of ether oxygens (including phenoxy) is 1. The summed E-state index contributed by atoms with van der Waals surface area (Å²) in [5.41, 5.74) is 5.25. The fourth-order valence-corrected chi connectivity index (χ4v) is 4.31. The summed E-state index contributed by atoms with van der Waals surface area (Å²) in [5, 5.41) is 3.12. The molecule has 2 bridgehead atoms. The van der Waals surface area contributed by atoms with Crippen molar-refractivity contribution in [3.8, 4) is 0 Å². The van der Waals surface area contributed by atoms with Crippen LogP contribution in [0.25, 0.3) is 0 Å². The number of hydrogen-bond acceptors (Lipinski definition) is 3. The third kappa shape index (κ3) is 3.00. The van der Waals surface area contributed by atoms with Gasteiger partial charge in [0.15, 0.2) is 6.10 Å². The quantitative estimate of drug-likeness (QED) is 0.804. The second kappa shape index (κ2) is 5.83. The molecule has 1 heterocycles. The third-order valence-electron chi connectivity index (χ3n) is 5.46. The second-order valence-corrected chi connectivity index (χ2v) is 6.78. The number of carbonyl (C=O) groups excluding carboxylic acids is 2. The number of hydrogen-bond donors (Lipinski definition) is 2. The van der Waals surface area contributed by atoms with Crippen molar-refractivity contribution in [2.45, 2.75) is 44.8 Å². The number of morpholine rings is 1. The Bertz CT molecular complexity index is 428. The van der Waals surface area contributed by atoms with Gasteiger partial charge >= 0.3 is 6.03 Å². The van der Waals surface area contributed by atoms with Gasteiger partial charge in [-0.1, -0.05) is 6.42 Å². The van der Waals surface area contributed by atoms with Crippen LogP contribution in [0.15, 0.2) is 0 Å². The van der Waals surface area contributed by atoms with E-state index < -0.39 is 12.0 Å². The molecular formula is C15H25N3O3. The van der Waals surface area contributed by atoms with E-state index in [-0.39, 0.29) is 18.6 Å². The van der Waals surface area contributed by atoms with Crippen molar-refractivity contribution in [2.75, 3.05) is 19.7 Å². The molecule has 3 aliphatic rings. The average molecular weight is 295 g/mol. The highest BCUT2D eigenvalue weighted by Crippen LogP contribution is 2.49. The Morgan fingerprint density at radius 2 is 2.14 bits per heavy atom. The van der Waals surface area contributed by atoms with Gasteiger partial charge in [-0.05, 0) is 43.9 Å². The molecule has 0 aromatic heterocycles. The summed E-state index contributed by atoms with van der Waals surface area (Å²) >= 11 is 0. The summed E-state index contributed by atoms with van der Waals surface area (Å²) in [4.78, 5) is 25.2. The number of nitrogens with one attached hydrogen (secondary N) is 1. The Balaban J connectivity index is 1.52. The molecular weight excluding hydrogens is 270 g/mol. The zero-order valence-corrected chi connectivity index (χ0v) is 12.6. The van der Waals surface area contributed by atoms with E-state index in [1.807, 2.05) is 0 Å². The molecule has 0 radical (unpaired) electrons. The van der Waals surface area contributed by atoms with Gasteiger partial charge < -0.3 is 20.7 Å². The first kappa shape index (κ1) is 14.6. The molecule has 6 nitrogen and oxygen atoms in total. The van der Waals surface area contributed by atoms with Crippen molar-refractivity contribution >= 4 is 11.9 Å². The van der Waals surface area contributed by atoms with Gasteiger partial charge in [0.25, 0.3) is 0 Å². The van der Waals surface area contributed by atoms with Gasteiger partial charge in [-0.3, -0.25) is 4.79 Å². The monoisotopic (exact) mass is 295 g/mol. The van der Waals surface area contributed by atoms with Crippen LogP contribution < -0.4 is 11.1 Å². The van der Waals surface area contributed by atoms with E-state index in [9.17, 15) is 9.59 Å². The molecule has 2 aliphatic carbocycles. The molecule has 1 aliphatic heterocycles. The van der Waals surface area contributed by atoms with Crippen molar-refractivity contribution in [1.82, 2.24) is 10.2 Å². The molecule has 118 valence electrons. The summed E-state index contributed by atoms with van der Waals surface area (Å²) in [7, 11) is 0. The highest BCUT2D eigenvalue weighted by Gasteiger charge is 2.42. The van der Waals surface area contributed by atoms with Crippen LogP contribution in [0.1, 0.15) is 32.6 Å². The summed E-state index contributed by atoms with van der Waals surface area (Å²) in [5.74, 6) is 1.77. The largest absolute Gasteiger partial charge is 0.367 e. The molecule has 3 N–H and O–H groups in total. The number of urea groups is 1. The van der Waals surface area contributed by atoms with Crippen LogP contribution in [-0.4, -0.2) is 48.7 Å². The van der Waals surface area contributed by atoms with Crippen LogP contribution in [-0.2, 0) is 9.53 Å². The van der Waals surface area contributed by atoms with Gasteiger partial charge in [-0.15, -0.1) is 0 Å². The predicted octanol–water partition coefficient (Wildman–Crippen LogP) is 0.707. The van der Waals surface area contributed by atoms with Gasteiger partial charge in [0, 0.05) is 12.6 Å². The lowest BCUT2D eigenvalue weighted by Crippen LogP contribution is -2.55. The Hall–Kier alpha value is -1.30. The average Bonchev–Trinajstić information content (AvgIpc) is 3.10. The fraction of sp³-hybridized carbons (Fsp3) is 0.867. The predicted molar refractivity (Wildman–Crippen MR) is 77.4 cm³/mol. The maximum Gasteiger partial charge on any atom is 0.317 e. The Morgan fingerprint density at radius 1 is 1.33 bits per heavy atom. The molecule has 3 amide bonds. The molecule has 1 saturated heterocycles. The second-order valence-electron chi connectivity index (χ2n) is 6.78. The van der Waals surface area contributed by atoms with Gasteiger partial charge in [0.1, 0.15) is 0 Å². The first-order valence-corrected chi connectivity index (χ1v) is 8.01. The van der Waals surface area contributed by atoms with Crippen molar-refractivity contribution < 1.29 is 14.3 Å². The maximum atomic E-state index is 12.3. The SMILES string of the molecule is C[C@H](NC(=O)N1CCO[C@H](C(N)=O)C1)[C@@H]1C[C@H]2CC[C@H]1C2. The minimum Gasteiger partial charge on any atom is -0.367 e. The van der Waals surface area contributed by atoms with Gasteiger partial charge in [0.05, 0.1) is 13.2 Å². The van der Waals surface area contributed by atoms with Gasteiger partial charge in [-0.25, -0.2) is 4.79 Å². The normalized spacial score (nSPS) is 36.5. The molecule has 3 fully saturated rings. The smallest absolute Gasteiger partial charge is 0.317 e. The Morgan fingerprint density at radius 3 is 2.76 bits per heavy atom. The van der Waals surface area contributed by atoms with E-state index in [1.54, 1.807) is 4.90 Å². The maximum absolute atomic E-state index is 12.3. The minimum atomic E-state index is -0.678. The summed E-state index contributed by atoms with van der Waals surface area (Å²) in [6.07, 6.45) is 4.59. The zero-order valence-electron chi connectivity index (χ0n) is 12.6. The van der Waals surface area contributed by atoms with Crippen LogP contribution in [0.4, 0.5) is 4.79 Å². The highest BCUT2D eigenvalue weighted by molar-refractivity contribution is 5.81. The summed E-state index contributed by atoms with van der Waals surface area (Å²) in [6, 6.07) is 0.0995. The number of carbonyl (C=O) groups is 2. The lowest BCUT2D eigenvalue weighted by molar-refractivity contribution is -0.133. The Kier molecular flexibility index (Phi) is 4.06. The molecule has 5 atom stereocenters. The first-order chi connectivity index (χ1) is 10.0. The van der Waals surface area contributed by atoms with E-state index in [0.717, 1.165) is 11.8 Å². The number of rotatable bonds is 3.